The van der Waals surface area contributed by atoms with Crippen LogP contribution >= 0.6 is 27.5 Å². The van der Waals surface area contributed by atoms with Crippen LogP contribution in [0.3, 0.4) is 0 Å². The molecule has 0 saturated heterocycles. The monoisotopic (exact) mass is 368 g/mol. The summed E-state index contributed by atoms with van der Waals surface area (Å²) in [4.78, 5) is 4.37. The normalized spacial score (nSPS) is 11.0. The third-order valence-corrected chi connectivity index (χ3v) is 3.61. The van der Waals surface area contributed by atoms with Crippen molar-refractivity contribution in [3.63, 3.8) is 0 Å². The smallest absolute Gasteiger partial charge is 0.223 e. The molecule has 0 amide bonds. The number of nitrogens with zero attached hydrogens (tertiary/aromatic N) is 1. The van der Waals surface area contributed by atoms with Crippen molar-refractivity contribution in [2.75, 3.05) is 0 Å². The van der Waals surface area contributed by atoms with Gasteiger partial charge in [0, 0.05) is 33.8 Å². The van der Waals surface area contributed by atoms with E-state index in [-0.39, 0.29) is 0 Å². The minimum Gasteiger partial charge on any atom is -0.438 e. The SMILES string of the molecule is Cc1cc(Cl)ccc1Oc1ncc(Br)cc1CNC(C)C. The van der Waals surface area contributed by atoms with Crippen LogP contribution in [0.2, 0.25) is 5.02 Å². The second-order valence-electron chi connectivity index (χ2n) is 5.17. The van der Waals surface area contributed by atoms with E-state index in [1.165, 1.54) is 0 Å². The Morgan fingerprint density at radius 2 is 2.10 bits per heavy atom. The molecule has 112 valence electrons. The highest BCUT2D eigenvalue weighted by Crippen LogP contribution is 2.29. The third-order valence-electron chi connectivity index (χ3n) is 2.94. The molecule has 0 atom stereocenters. The van der Waals surface area contributed by atoms with Crippen LogP contribution < -0.4 is 10.1 Å². The molecule has 1 aromatic carbocycles. The van der Waals surface area contributed by atoms with E-state index in [2.05, 4.69) is 40.1 Å². The summed E-state index contributed by atoms with van der Waals surface area (Å²) in [5.41, 5.74) is 1.99. The van der Waals surface area contributed by atoms with Gasteiger partial charge in [0.05, 0.1) is 0 Å². The fourth-order valence-electron chi connectivity index (χ4n) is 1.83. The molecule has 0 aliphatic heterocycles. The van der Waals surface area contributed by atoms with Gasteiger partial charge in [-0.05, 0) is 52.7 Å². The topological polar surface area (TPSA) is 34.1 Å². The molecule has 5 heteroatoms. The lowest BCUT2D eigenvalue weighted by atomic mass is 10.2. The summed E-state index contributed by atoms with van der Waals surface area (Å²) in [6, 6.07) is 7.97. The number of benzene rings is 1. The number of nitrogens with one attached hydrogen (secondary N) is 1. The number of pyridine rings is 1. The second kappa shape index (κ2) is 7.25. The maximum Gasteiger partial charge on any atom is 0.223 e. The molecule has 0 radical (unpaired) electrons. The van der Waals surface area contributed by atoms with Gasteiger partial charge in [-0.3, -0.25) is 0 Å². The van der Waals surface area contributed by atoms with Crippen molar-refractivity contribution in [1.82, 2.24) is 10.3 Å². The van der Waals surface area contributed by atoms with Crippen LogP contribution in [0.15, 0.2) is 34.9 Å². The fraction of sp³-hybridized carbons (Fsp3) is 0.312. The molecule has 0 spiro atoms. The quantitative estimate of drug-likeness (QED) is 0.796. The molecule has 0 fully saturated rings. The highest BCUT2D eigenvalue weighted by atomic mass is 79.9. The van der Waals surface area contributed by atoms with Crippen LogP contribution in [0.1, 0.15) is 25.0 Å². The molecule has 1 aromatic heterocycles. The Labute approximate surface area is 138 Å². The minimum absolute atomic E-state index is 0.397. The maximum absolute atomic E-state index is 5.97. The van der Waals surface area contributed by atoms with Crippen molar-refractivity contribution < 1.29 is 4.74 Å². The Morgan fingerprint density at radius 3 is 2.76 bits per heavy atom. The second-order valence-corrected chi connectivity index (χ2v) is 6.52. The number of ether oxygens (including phenoxy) is 1. The number of aryl methyl sites for hydroxylation is 1. The third kappa shape index (κ3) is 4.70. The number of hydrogen-bond acceptors (Lipinski definition) is 3. The van der Waals surface area contributed by atoms with Crippen LogP contribution in [0, 0.1) is 6.92 Å². The molecule has 21 heavy (non-hydrogen) atoms. The number of aromatic nitrogens is 1. The van der Waals surface area contributed by atoms with Crippen molar-refractivity contribution in [1.29, 1.82) is 0 Å². The first-order valence-electron chi connectivity index (χ1n) is 6.77. The van der Waals surface area contributed by atoms with E-state index in [0.29, 0.717) is 23.5 Å². The lowest BCUT2D eigenvalue weighted by Crippen LogP contribution is -2.22. The zero-order valence-electron chi connectivity index (χ0n) is 12.3. The van der Waals surface area contributed by atoms with Crippen LogP contribution in [-0.2, 0) is 6.54 Å². The molecular weight excluding hydrogens is 352 g/mol. The Hall–Kier alpha value is -1.10. The summed E-state index contributed by atoms with van der Waals surface area (Å²) in [6.07, 6.45) is 1.74. The Bertz CT molecular complexity index is 632. The highest BCUT2D eigenvalue weighted by Gasteiger charge is 2.10. The van der Waals surface area contributed by atoms with E-state index in [0.717, 1.165) is 21.3 Å². The van der Waals surface area contributed by atoms with Gasteiger partial charge in [0.15, 0.2) is 0 Å². The molecule has 3 nitrogen and oxygen atoms in total. The molecule has 2 rings (SSSR count). The molecule has 2 aromatic rings. The van der Waals surface area contributed by atoms with Crippen LogP contribution in [0.5, 0.6) is 11.6 Å². The van der Waals surface area contributed by atoms with E-state index < -0.39 is 0 Å². The van der Waals surface area contributed by atoms with Gasteiger partial charge in [-0.25, -0.2) is 4.98 Å². The predicted molar refractivity (Wildman–Crippen MR) is 90.2 cm³/mol. The predicted octanol–water partition coefficient (Wildman–Crippen LogP) is 5.10. The fourth-order valence-corrected chi connectivity index (χ4v) is 2.44. The molecule has 1 heterocycles. The van der Waals surface area contributed by atoms with Crippen molar-refractivity contribution >= 4 is 27.5 Å². The van der Waals surface area contributed by atoms with Gasteiger partial charge in [-0.15, -0.1) is 0 Å². The summed E-state index contributed by atoms with van der Waals surface area (Å²) < 4.78 is 6.89. The summed E-state index contributed by atoms with van der Waals surface area (Å²) in [7, 11) is 0. The van der Waals surface area contributed by atoms with E-state index in [9.17, 15) is 0 Å². The number of rotatable bonds is 5. The van der Waals surface area contributed by atoms with Crippen molar-refractivity contribution in [3.8, 4) is 11.6 Å². The standard InChI is InChI=1S/C16H18BrClN2O/c1-10(2)19-8-12-7-13(17)9-20-16(12)21-15-5-4-14(18)6-11(15)3/h4-7,9-10,19H,8H2,1-3H3. The van der Waals surface area contributed by atoms with Crippen molar-refractivity contribution in [3.05, 3.63) is 51.1 Å². The first kappa shape index (κ1) is 16.3. The Kier molecular flexibility index (Phi) is 5.62. The maximum atomic E-state index is 5.97. The van der Waals surface area contributed by atoms with E-state index in [4.69, 9.17) is 16.3 Å². The van der Waals surface area contributed by atoms with E-state index in [1.54, 1.807) is 6.20 Å². The molecule has 0 aliphatic rings. The molecule has 1 N–H and O–H groups in total. The highest BCUT2D eigenvalue weighted by molar-refractivity contribution is 9.10. The van der Waals surface area contributed by atoms with E-state index >= 15 is 0 Å². The molecular formula is C16H18BrClN2O. The molecule has 0 unspecified atom stereocenters. The Morgan fingerprint density at radius 1 is 1.33 bits per heavy atom. The first-order valence-corrected chi connectivity index (χ1v) is 7.94. The van der Waals surface area contributed by atoms with E-state index in [1.807, 2.05) is 31.2 Å². The number of hydrogen-bond donors (Lipinski definition) is 1. The zero-order valence-corrected chi connectivity index (χ0v) is 14.6. The van der Waals surface area contributed by atoms with Crippen LogP contribution in [-0.4, -0.2) is 11.0 Å². The summed E-state index contributed by atoms with van der Waals surface area (Å²) in [5.74, 6) is 1.37. The van der Waals surface area contributed by atoms with Crippen molar-refractivity contribution in [2.24, 2.45) is 0 Å². The summed E-state index contributed by atoms with van der Waals surface area (Å²) >= 11 is 9.42. The van der Waals surface area contributed by atoms with Crippen LogP contribution in [0.4, 0.5) is 0 Å². The van der Waals surface area contributed by atoms with Gasteiger partial charge >= 0.3 is 0 Å². The molecule has 0 saturated carbocycles. The lowest BCUT2D eigenvalue weighted by Gasteiger charge is -2.14. The molecule has 0 bridgehead atoms. The lowest BCUT2D eigenvalue weighted by molar-refractivity contribution is 0.447. The van der Waals surface area contributed by atoms with Gasteiger partial charge < -0.3 is 10.1 Å². The van der Waals surface area contributed by atoms with Gasteiger partial charge in [-0.1, -0.05) is 25.4 Å². The average molecular weight is 370 g/mol. The largest absolute Gasteiger partial charge is 0.438 e. The van der Waals surface area contributed by atoms with Gasteiger partial charge in [0.2, 0.25) is 5.88 Å². The Balaban J connectivity index is 2.26. The van der Waals surface area contributed by atoms with Gasteiger partial charge in [0.1, 0.15) is 5.75 Å². The summed E-state index contributed by atoms with van der Waals surface area (Å²) in [6.45, 7) is 6.88. The summed E-state index contributed by atoms with van der Waals surface area (Å²) in [5, 5.41) is 4.08. The van der Waals surface area contributed by atoms with Crippen molar-refractivity contribution in [2.45, 2.75) is 33.4 Å². The first-order chi connectivity index (χ1) is 9.95. The number of halogens is 2. The molecule has 0 aliphatic carbocycles. The average Bonchev–Trinajstić information content (AvgIpc) is 2.41. The van der Waals surface area contributed by atoms with Gasteiger partial charge in [-0.2, -0.15) is 0 Å². The zero-order chi connectivity index (χ0) is 15.4. The minimum atomic E-state index is 0.397. The van der Waals surface area contributed by atoms with Gasteiger partial charge in [0.25, 0.3) is 0 Å². The van der Waals surface area contributed by atoms with Crippen LogP contribution in [0.25, 0.3) is 0 Å².